The molecule has 1 atom stereocenters. The van der Waals surface area contributed by atoms with Crippen molar-refractivity contribution in [1.29, 1.82) is 0 Å². The lowest BCUT2D eigenvalue weighted by Gasteiger charge is -2.23. The summed E-state index contributed by atoms with van der Waals surface area (Å²) in [6, 6.07) is 11.4. The molecule has 1 amide bonds. The topological polar surface area (TPSA) is 115 Å². The fraction of sp³-hybridized carbons (Fsp3) is 0.280. The Bertz CT molecular complexity index is 1260. The molecular formula is C25H26N4O4. The van der Waals surface area contributed by atoms with E-state index < -0.39 is 17.9 Å². The minimum absolute atomic E-state index is 0.194. The zero-order valence-corrected chi connectivity index (χ0v) is 18.6. The smallest absolute Gasteiger partial charge is 0.326 e. The van der Waals surface area contributed by atoms with Gasteiger partial charge in [-0.05, 0) is 55.3 Å². The van der Waals surface area contributed by atoms with E-state index in [0.717, 1.165) is 11.3 Å². The number of amides is 1. The second-order valence-corrected chi connectivity index (χ2v) is 7.76. The molecule has 0 radical (unpaired) electrons. The molecule has 170 valence electrons. The van der Waals surface area contributed by atoms with Gasteiger partial charge in [-0.3, -0.25) is 9.59 Å². The maximum atomic E-state index is 12.5. The molecule has 0 spiro atoms. The van der Waals surface area contributed by atoms with Gasteiger partial charge in [-0.1, -0.05) is 25.3 Å². The van der Waals surface area contributed by atoms with E-state index in [-0.39, 0.29) is 5.56 Å². The van der Waals surface area contributed by atoms with Gasteiger partial charge in [0.1, 0.15) is 11.9 Å². The molecule has 8 heteroatoms. The number of fused-ring (bicyclic) bond motifs is 1. The normalized spacial score (nSPS) is 11.5. The van der Waals surface area contributed by atoms with E-state index in [2.05, 4.69) is 21.2 Å². The molecule has 0 fully saturated rings. The number of H-pyrrole nitrogens is 1. The van der Waals surface area contributed by atoms with Crippen molar-refractivity contribution < 1.29 is 14.7 Å². The summed E-state index contributed by atoms with van der Waals surface area (Å²) >= 11 is 0. The number of carbonyl (C=O) groups is 2. The summed E-state index contributed by atoms with van der Waals surface area (Å²) < 4.78 is 0. The second kappa shape index (κ2) is 10.5. The Morgan fingerprint density at radius 3 is 2.61 bits per heavy atom. The van der Waals surface area contributed by atoms with Crippen LogP contribution in [0.15, 0.2) is 47.3 Å². The highest BCUT2D eigenvalue weighted by Gasteiger charge is 2.19. The van der Waals surface area contributed by atoms with Crippen molar-refractivity contribution in [3.8, 4) is 12.3 Å². The number of anilines is 1. The van der Waals surface area contributed by atoms with Crippen molar-refractivity contribution in [3.05, 3.63) is 69.8 Å². The molecule has 0 aliphatic carbocycles. The number of carboxylic acids is 1. The molecule has 33 heavy (non-hydrogen) atoms. The first-order valence-electron chi connectivity index (χ1n) is 10.6. The molecule has 0 unspecified atom stereocenters. The van der Waals surface area contributed by atoms with Crippen LogP contribution in [-0.2, 0) is 11.3 Å². The third-order valence-corrected chi connectivity index (χ3v) is 5.22. The van der Waals surface area contributed by atoms with Crippen LogP contribution in [-0.4, -0.2) is 39.5 Å². The van der Waals surface area contributed by atoms with Crippen molar-refractivity contribution in [2.24, 2.45) is 0 Å². The molecule has 0 saturated heterocycles. The van der Waals surface area contributed by atoms with Crippen molar-refractivity contribution in [2.75, 3.05) is 11.4 Å². The zero-order valence-electron chi connectivity index (χ0n) is 18.6. The van der Waals surface area contributed by atoms with Crippen LogP contribution in [0.2, 0.25) is 0 Å². The molecule has 2 aromatic carbocycles. The maximum absolute atomic E-state index is 12.5. The lowest BCUT2D eigenvalue weighted by Crippen LogP contribution is -2.40. The Balaban J connectivity index is 1.79. The predicted octanol–water partition coefficient (Wildman–Crippen LogP) is 2.85. The quantitative estimate of drug-likeness (QED) is 0.436. The van der Waals surface area contributed by atoms with Gasteiger partial charge in [-0.15, -0.1) is 6.42 Å². The molecule has 8 nitrogen and oxygen atoms in total. The number of aliphatic carboxylic acids is 1. The summed E-state index contributed by atoms with van der Waals surface area (Å²) in [6.45, 7) is 4.37. The molecule has 0 bridgehead atoms. The van der Waals surface area contributed by atoms with Crippen LogP contribution in [0.4, 0.5) is 5.69 Å². The van der Waals surface area contributed by atoms with Gasteiger partial charge in [0.05, 0.1) is 17.4 Å². The average Bonchev–Trinajstić information content (AvgIpc) is 2.78. The van der Waals surface area contributed by atoms with E-state index in [1.807, 2.05) is 24.0 Å². The van der Waals surface area contributed by atoms with Gasteiger partial charge in [-0.2, -0.15) is 0 Å². The third-order valence-electron chi connectivity index (χ3n) is 5.22. The van der Waals surface area contributed by atoms with Gasteiger partial charge in [-0.25, -0.2) is 9.78 Å². The monoisotopic (exact) mass is 446 g/mol. The van der Waals surface area contributed by atoms with Crippen LogP contribution in [0, 0.1) is 19.3 Å². The van der Waals surface area contributed by atoms with Gasteiger partial charge in [0.2, 0.25) is 0 Å². The number of hydrogen-bond acceptors (Lipinski definition) is 5. The molecule has 0 aliphatic rings. The highest BCUT2D eigenvalue weighted by atomic mass is 16.4. The second-order valence-electron chi connectivity index (χ2n) is 7.76. The molecular weight excluding hydrogens is 420 g/mol. The third kappa shape index (κ3) is 5.77. The predicted molar refractivity (Wildman–Crippen MR) is 127 cm³/mol. The highest BCUT2D eigenvalue weighted by Crippen LogP contribution is 2.20. The lowest BCUT2D eigenvalue weighted by molar-refractivity contribution is -0.139. The standard InChI is InChI=1S/C25H26N4O4/c1-4-6-22(25(32)33)28-23(30)18-8-10-19(11-9-18)29(13-5-2)15-17-7-12-21-20(14-17)24(31)27-16(3)26-21/h2,7-12,14,22H,4,6,13,15H2,1,3H3,(H,28,30)(H,32,33)(H,26,27,31)/t22-/m1/s1. The Kier molecular flexibility index (Phi) is 7.46. The van der Waals surface area contributed by atoms with Crippen LogP contribution in [0.1, 0.15) is 41.5 Å². The zero-order chi connectivity index (χ0) is 24.0. The van der Waals surface area contributed by atoms with Crippen LogP contribution in [0.25, 0.3) is 10.9 Å². The van der Waals surface area contributed by atoms with E-state index in [4.69, 9.17) is 6.42 Å². The first-order valence-corrected chi connectivity index (χ1v) is 10.6. The van der Waals surface area contributed by atoms with Crippen molar-refractivity contribution in [2.45, 2.75) is 39.3 Å². The fourth-order valence-electron chi connectivity index (χ4n) is 3.58. The summed E-state index contributed by atoms with van der Waals surface area (Å²) in [4.78, 5) is 45.0. The summed E-state index contributed by atoms with van der Waals surface area (Å²) in [5, 5.41) is 12.3. The number of aromatic amines is 1. The highest BCUT2D eigenvalue weighted by molar-refractivity contribution is 5.96. The number of carbonyl (C=O) groups excluding carboxylic acids is 1. The molecule has 1 heterocycles. The lowest BCUT2D eigenvalue weighted by atomic mass is 10.1. The number of benzene rings is 2. The first-order chi connectivity index (χ1) is 15.8. The van der Waals surface area contributed by atoms with Crippen molar-refractivity contribution in [3.63, 3.8) is 0 Å². The number of terminal acetylenes is 1. The minimum Gasteiger partial charge on any atom is -0.480 e. The number of nitrogens with zero attached hydrogens (tertiary/aromatic N) is 2. The molecule has 0 aliphatic heterocycles. The summed E-state index contributed by atoms with van der Waals surface area (Å²) in [5.74, 6) is 1.70. The molecule has 3 aromatic rings. The number of hydrogen-bond donors (Lipinski definition) is 3. The van der Waals surface area contributed by atoms with Gasteiger partial charge < -0.3 is 20.3 Å². The van der Waals surface area contributed by atoms with E-state index in [1.54, 1.807) is 37.3 Å². The van der Waals surface area contributed by atoms with E-state index in [1.165, 1.54) is 0 Å². The molecule has 3 N–H and O–H groups in total. The largest absolute Gasteiger partial charge is 0.480 e. The fourth-order valence-corrected chi connectivity index (χ4v) is 3.58. The SMILES string of the molecule is C#CCN(Cc1ccc2nc(C)[nH]c(=O)c2c1)c1ccc(C(=O)N[C@H](CCC)C(=O)O)cc1. The minimum atomic E-state index is -1.05. The Morgan fingerprint density at radius 1 is 1.24 bits per heavy atom. The Hall–Kier alpha value is -4.12. The average molecular weight is 447 g/mol. The number of aryl methyl sites for hydroxylation is 1. The van der Waals surface area contributed by atoms with E-state index in [9.17, 15) is 19.5 Å². The molecule has 1 aromatic heterocycles. The van der Waals surface area contributed by atoms with Gasteiger partial charge in [0.15, 0.2) is 0 Å². The first kappa shape index (κ1) is 23.5. The summed E-state index contributed by atoms with van der Waals surface area (Å²) in [7, 11) is 0. The van der Waals surface area contributed by atoms with Gasteiger partial charge in [0, 0.05) is 17.8 Å². The Morgan fingerprint density at radius 2 is 1.97 bits per heavy atom. The number of rotatable bonds is 9. The van der Waals surface area contributed by atoms with E-state index in [0.29, 0.717) is 48.2 Å². The number of carboxylic acid groups (broad SMARTS) is 1. The Labute approximate surface area is 191 Å². The van der Waals surface area contributed by atoms with Gasteiger partial charge in [0.25, 0.3) is 11.5 Å². The van der Waals surface area contributed by atoms with E-state index >= 15 is 0 Å². The number of aromatic nitrogens is 2. The summed E-state index contributed by atoms with van der Waals surface area (Å²) in [5.41, 5.74) is 2.48. The molecule has 0 saturated carbocycles. The van der Waals surface area contributed by atoms with Crippen LogP contribution >= 0.6 is 0 Å². The van der Waals surface area contributed by atoms with Gasteiger partial charge >= 0.3 is 5.97 Å². The number of nitrogens with one attached hydrogen (secondary N) is 2. The van der Waals surface area contributed by atoms with Crippen LogP contribution in [0.5, 0.6) is 0 Å². The molecule has 3 rings (SSSR count). The van der Waals surface area contributed by atoms with Crippen molar-refractivity contribution >= 4 is 28.5 Å². The van der Waals surface area contributed by atoms with Crippen LogP contribution < -0.4 is 15.8 Å². The van der Waals surface area contributed by atoms with Crippen molar-refractivity contribution in [1.82, 2.24) is 15.3 Å². The summed E-state index contributed by atoms with van der Waals surface area (Å²) in [6.07, 6.45) is 6.57. The maximum Gasteiger partial charge on any atom is 0.326 e. The van der Waals surface area contributed by atoms with Crippen LogP contribution in [0.3, 0.4) is 0 Å².